The standard InChI is InChI=1S/C12H12BrNO3S/c1-7-8(2-11(17-7)12(15)16)4-14-5-10-3-9(13)6-18-10/h2-3,6,14H,4-5H2,1H3,(H,15,16). The molecule has 4 nitrogen and oxygen atoms in total. The molecule has 0 atom stereocenters. The van der Waals surface area contributed by atoms with Crippen LogP contribution in [0.2, 0.25) is 0 Å². The van der Waals surface area contributed by atoms with Gasteiger partial charge < -0.3 is 14.8 Å². The van der Waals surface area contributed by atoms with E-state index >= 15 is 0 Å². The molecule has 2 rings (SSSR count). The predicted octanol–water partition coefficient (Wildman–Crippen LogP) is 3.40. The van der Waals surface area contributed by atoms with Crippen LogP contribution in [0.25, 0.3) is 0 Å². The number of hydrogen-bond donors (Lipinski definition) is 2. The molecule has 96 valence electrons. The van der Waals surface area contributed by atoms with Gasteiger partial charge in [-0.05, 0) is 35.0 Å². The van der Waals surface area contributed by atoms with Gasteiger partial charge in [-0.15, -0.1) is 11.3 Å². The summed E-state index contributed by atoms with van der Waals surface area (Å²) in [5.74, 6) is -0.401. The van der Waals surface area contributed by atoms with E-state index in [9.17, 15) is 4.79 Å². The van der Waals surface area contributed by atoms with Gasteiger partial charge in [-0.25, -0.2) is 4.79 Å². The molecule has 0 unspecified atom stereocenters. The van der Waals surface area contributed by atoms with Crippen molar-refractivity contribution in [2.24, 2.45) is 0 Å². The number of thiophene rings is 1. The molecular formula is C12H12BrNO3S. The third-order valence-corrected chi connectivity index (χ3v) is 4.17. The zero-order valence-electron chi connectivity index (χ0n) is 9.70. The molecule has 18 heavy (non-hydrogen) atoms. The average molecular weight is 330 g/mol. The van der Waals surface area contributed by atoms with E-state index in [1.165, 1.54) is 4.88 Å². The number of carboxylic acid groups (broad SMARTS) is 1. The topological polar surface area (TPSA) is 62.5 Å². The summed E-state index contributed by atoms with van der Waals surface area (Å²) in [6.07, 6.45) is 0. The highest BCUT2D eigenvalue weighted by Crippen LogP contribution is 2.20. The lowest BCUT2D eigenvalue weighted by Gasteiger charge is -2.01. The Hall–Kier alpha value is -1.11. The summed E-state index contributed by atoms with van der Waals surface area (Å²) < 4.78 is 6.22. The molecule has 0 aliphatic carbocycles. The average Bonchev–Trinajstić information content (AvgIpc) is 2.87. The highest BCUT2D eigenvalue weighted by Gasteiger charge is 2.12. The van der Waals surface area contributed by atoms with Gasteiger partial charge in [-0.1, -0.05) is 0 Å². The van der Waals surface area contributed by atoms with Crippen molar-refractivity contribution < 1.29 is 14.3 Å². The van der Waals surface area contributed by atoms with Gasteiger partial charge in [0.15, 0.2) is 0 Å². The highest BCUT2D eigenvalue weighted by atomic mass is 79.9. The van der Waals surface area contributed by atoms with Crippen molar-refractivity contribution in [1.29, 1.82) is 0 Å². The molecular weight excluding hydrogens is 318 g/mol. The molecule has 0 bridgehead atoms. The number of carbonyl (C=O) groups is 1. The van der Waals surface area contributed by atoms with Crippen LogP contribution in [-0.2, 0) is 13.1 Å². The van der Waals surface area contributed by atoms with Crippen molar-refractivity contribution >= 4 is 33.2 Å². The Morgan fingerprint density at radius 1 is 1.50 bits per heavy atom. The van der Waals surface area contributed by atoms with Gasteiger partial charge in [0.2, 0.25) is 5.76 Å². The van der Waals surface area contributed by atoms with E-state index in [0.29, 0.717) is 12.3 Å². The van der Waals surface area contributed by atoms with Gasteiger partial charge in [-0.2, -0.15) is 0 Å². The van der Waals surface area contributed by atoms with Crippen molar-refractivity contribution in [3.63, 3.8) is 0 Å². The fourth-order valence-corrected chi connectivity index (χ4v) is 2.99. The molecule has 6 heteroatoms. The molecule has 2 N–H and O–H groups in total. The van der Waals surface area contributed by atoms with Crippen LogP contribution in [0, 0.1) is 6.92 Å². The third kappa shape index (κ3) is 3.22. The van der Waals surface area contributed by atoms with Crippen LogP contribution in [0.3, 0.4) is 0 Å². The molecule has 0 saturated heterocycles. The summed E-state index contributed by atoms with van der Waals surface area (Å²) in [5.41, 5.74) is 0.878. The third-order valence-electron chi connectivity index (χ3n) is 2.47. The summed E-state index contributed by atoms with van der Waals surface area (Å²) in [5, 5.41) is 14.1. The van der Waals surface area contributed by atoms with Crippen molar-refractivity contribution in [3.05, 3.63) is 43.9 Å². The van der Waals surface area contributed by atoms with Gasteiger partial charge in [0.1, 0.15) is 5.76 Å². The van der Waals surface area contributed by atoms with E-state index in [0.717, 1.165) is 16.6 Å². The quantitative estimate of drug-likeness (QED) is 0.882. The maximum atomic E-state index is 10.7. The van der Waals surface area contributed by atoms with Crippen molar-refractivity contribution in [1.82, 2.24) is 5.32 Å². The fourth-order valence-electron chi connectivity index (χ4n) is 1.57. The highest BCUT2D eigenvalue weighted by molar-refractivity contribution is 9.10. The molecule has 0 amide bonds. The van der Waals surface area contributed by atoms with Crippen LogP contribution in [-0.4, -0.2) is 11.1 Å². The molecule has 0 spiro atoms. The summed E-state index contributed by atoms with van der Waals surface area (Å²) >= 11 is 5.07. The second kappa shape index (κ2) is 5.69. The van der Waals surface area contributed by atoms with Gasteiger partial charge in [0, 0.05) is 33.4 Å². The first-order valence-electron chi connectivity index (χ1n) is 5.32. The molecule has 0 aromatic carbocycles. The minimum atomic E-state index is -1.04. The number of nitrogens with one attached hydrogen (secondary N) is 1. The lowest BCUT2D eigenvalue weighted by Crippen LogP contribution is -2.11. The Labute approximate surface area is 117 Å². The van der Waals surface area contributed by atoms with Crippen molar-refractivity contribution in [2.75, 3.05) is 0 Å². The first-order valence-corrected chi connectivity index (χ1v) is 7.00. The first kappa shape index (κ1) is 13.3. The van der Waals surface area contributed by atoms with E-state index in [1.807, 2.05) is 5.38 Å². The lowest BCUT2D eigenvalue weighted by atomic mass is 10.2. The molecule has 0 fully saturated rings. The molecule has 0 saturated carbocycles. The Balaban J connectivity index is 1.92. The van der Waals surface area contributed by atoms with Crippen LogP contribution in [0.4, 0.5) is 0 Å². The number of halogens is 1. The van der Waals surface area contributed by atoms with E-state index in [1.54, 1.807) is 24.3 Å². The number of aromatic carboxylic acids is 1. The zero-order chi connectivity index (χ0) is 13.1. The Kier molecular flexibility index (Phi) is 4.21. The van der Waals surface area contributed by atoms with Crippen molar-refractivity contribution in [3.8, 4) is 0 Å². The minimum absolute atomic E-state index is 0.0110. The SMILES string of the molecule is Cc1oc(C(=O)O)cc1CNCc1cc(Br)cs1. The fraction of sp³-hybridized carbons (Fsp3) is 0.250. The van der Waals surface area contributed by atoms with Crippen LogP contribution in [0.15, 0.2) is 26.4 Å². The van der Waals surface area contributed by atoms with Gasteiger partial charge in [0.25, 0.3) is 0 Å². The Bertz CT molecular complexity index is 561. The van der Waals surface area contributed by atoms with E-state index in [2.05, 4.69) is 27.3 Å². The zero-order valence-corrected chi connectivity index (χ0v) is 12.1. The summed E-state index contributed by atoms with van der Waals surface area (Å²) in [6.45, 7) is 3.12. The summed E-state index contributed by atoms with van der Waals surface area (Å²) in [4.78, 5) is 12.0. The van der Waals surface area contributed by atoms with Crippen molar-refractivity contribution in [2.45, 2.75) is 20.0 Å². The smallest absolute Gasteiger partial charge is 0.371 e. The van der Waals surface area contributed by atoms with Crippen LogP contribution in [0.5, 0.6) is 0 Å². The number of rotatable bonds is 5. The molecule has 2 aromatic rings. The van der Waals surface area contributed by atoms with Gasteiger partial charge >= 0.3 is 5.97 Å². The van der Waals surface area contributed by atoms with E-state index in [-0.39, 0.29) is 5.76 Å². The van der Waals surface area contributed by atoms with Crippen LogP contribution >= 0.6 is 27.3 Å². The molecule has 0 aliphatic heterocycles. The maximum absolute atomic E-state index is 10.7. The predicted molar refractivity (Wildman–Crippen MR) is 73.0 cm³/mol. The number of hydrogen-bond acceptors (Lipinski definition) is 4. The maximum Gasteiger partial charge on any atom is 0.371 e. The monoisotopic (exact) mass is 329 g/mol. The second-order valence-electron chi connectivity index (χ2n) is 3.83. The summed E-state index contributed by atoms with van der Waals surface area (Å²) in [6, 6.07) is 3.62. The van der Waals surface area contributed by atoms with Crippen LogP contribution < -0.4 is 5.32 Å². The number of aryl methyl sites for hydroxylation is 1. The Morgan fingerprint density at radius 3 is 2.83 bits per heavy atom. The number of furan rings is 1. The molecule has 2 heterocycles. The molecule has 2 aromatic heterocycles. The largest absolute Gasteiger partial charge is 0.475 e. The van der Waals surface area contributed by atoms with E-state index < -0.39 is 5.97 Å². The number of carboxylic acids is 1. The van der Waals surface area contributed by atoms with Gasteiger partial charge in [0.05, 0.1) is 0 Å². The first-order chi connectivity index (χ1) is 8.56. The second-order valence-corrected chi connectivity index (χ2v) is 5.74. The lowest BCUT2D eigenvalue weighted by molar-refractivity contribution is 0.0661. The normalized spacial score (nSPS) is 10.8. The summed E-state index contributed by atoms with van der Waals surface area (Å²) in [7, 11) is 0. The van der Waals surface area contributed by atoms with E-state index in [4.69, 9.17) is 9.52 Å². The van der Waals surface area contributed by atoms with Crippen LogP contribution in [0.1, 0.15) is 26.8 Å². The minimum Gasteiger partial charge on any atom is -0.475 e. The molecule has 0 radical (unpaired) electrons. The Morgan fingerprint density at radius 2 is 2.28 bits per heavy atom. The van der Waals surface area contributed by atoms with Gasteiger partial charge in [-0.3, -0.25) is 0 Å². The molecule has 0 aliphatic rings.